The molecule has 0 aromatic heterocycles. The molecule has 0 bridgehead atoms. The Bertz CT molecular complexity index is 432. The van der Waals surface area contributed by atoms with Gasteiger partial charge in [0, 0.05) is 17.8 Å². The fraction of sp³-hybridized carbons (Fsp3) is 0.417. The maximum Gasteiger partial charge on any atom is 0.194 e. The van der Waals surface area contributed by atoms with Gasteiger partial charge in [-0.1, -0.05) is 0 Å². The van der Waals surface area contributed by atoms with Crippen LogP contribution in [0.15, 0.2) is 35.3 Å². The summed E-state index contributed by atoms with van der Waals surface area (Å²) in [6.07, 6.45) is 4.07. The molecule has 1 aliphatic heterocycles. The molecule has 5 heteroatoms. The molecule has 1 aliphatic carbocycles. The zero-order chi connectivity index (χ0) is 12.5. The van der Waals surface area contributed by atoms with Crippen molar-refractivity contribution in [3.63, 3.8) is 0 Å². The highest BCUT2D eigenvalue weighted by atomic mass is 16.5. The molecule has 0 saturated heterocycles. The van der Waals surface area contributed by atoms with E-state index >= 15 is 0 Å². The van der Waals surface area contributed by atoms with Gasteiger partial charge in [0.15, 0.2) is 11.4 Å². The fourth-order valence-electron chi connectivity index (χ4n) is 1.84. The Kier molecular flexibility index (Phi) is 3.15. The number of ketones is 1. The van der Waals surface area contributed by atoms with E-state index in [-0.39, 0.29) is 0 Å². The number of hydrogen-bond acceptors (Lipinski definition) is 5. The summed E-state index contributed by atoms with van der Waals surface area (Å²) >= 11 is 0. The number of hydrogen-bond donors (Lipinski definition) is 2. The van der Waals surface area contributed by atoms with Crippen LogP contribution in [0.3, 0.4) is 0 Å². The maximum absolute atomic E-state index is 11.7. The number of carbonyl (C=O) groups is 1. The second-order valence-corrected chi connectivity index (χ2v) is 3.89. The predicted molar refractivity (Wildman–Crippen MR) is 58.9 cm³/mol. The van der Waals surface area contributed by atoms with Gasteiger partial charge in [-0.2, -0.15) is 0 Å². The average molecular weight is 238 g/mol. The van der Waals surface area contributed by atoms with Crippen LogP contribution in [0.4, 0.5) is 0 Å². The third-order valence-electron chi connectivity index (χ3n) is 2.85. The van der Waals surface area contributed by atoms with Gasteiger partial charge in [0.05, 0.1) is 25.7 Å². The second kappa shape index (κ2) is 4.44. The summed E-state index contributed by atoms with van der Waals surface area (Å²) in [5, 5.41) is 19.2. The monoisotopic (exact) mass is 238 g/mol. The van der Waals surface area contributed by atoms with Gasteiger partial charge in [-0.15, -0.1) is 0 Å². The molecular formula is C12H14O5. The van der Waals surface area contributed by atoms with Crippen molar-refractivity contribution >= 4 is 5.78 Å². The number of carbonyl (C=O) groups excluding carboxylic acids is 1. The first kappa shape index (κ1) is 12.0. The van der Waals surface area contributed by atoms with Gasteiger partial charge in [0.25, 0.3) is 0 Å². The first-order valence-electron chi connectivity index (χ1n) is 5.36. The molecule has 0 aromatic carbocycles. The molecule has 0 fully saturated rings. The Labute approximate surface area is 98.7 Å². The summed E-state index contributed by atoms with van der Waals surface area (Å²) in [5.41, 5.74) is -0.323. The van der Waals surface area contributed by atoms with E-state index < -0.39 is 18.0 Å². The molecule has 2 aliphatic rings. The molecule has 2 rings (SSSR count). The zero-order valence-corrected chi connectivity index (χ0v) is 9.47. The standard InChI is InChI=1S/C12H14O5/c1-2-16-4-8-5-17-6-10-9(8)3-11(14)12(10,15)7-13/h3,5-6,13,15H,2,4,7H2,1H3/t12-/m0/s1. The van der Waals surface area contributed by atoms with E-state index in [4.69, 9.17) is 14.6 Å². The van der Waals surface area contributed by atoms with Crippen molar-refractivity contribution in [2.75, 3.05) is 19.8 Å². The van der Waals surface area contributed by atoms with Crippen molar-refractivity contribution in [1.29, 1.82) is 0 Å². The van der Waals surface area contributed by atoms with Crippen LogP contribution in [-0.2, 0) is 14.3 Å². The molecule has 0 radical (unpaired) electrons. The largest absolute Gasteiger partial charge is 0.472 e. The lowest BCUT2D eigenvalue weighted by atomic mass is 9.91. The Balaban J connectivity index is 2.28. The van der Waals surface area contributed by atoms with Crippen molar-refractivity contribution in [3.05, 3.63) is 35.3 Å². The first-order chi connectivity index (χ1) is 8.13. The topological polar surface area (TPSA) is 76.0 Å². The molecule has 2 N–H and O–H groups in total. The Morgan fingerprint density at radius 2 is 2.24 bits per heavy atom. The molecule has 1 heterocycles. The highest BCUT2D eigenvalue weighted by Crippen LogP contribution is 2.38. The van der Waals surface area contributed by atoms with Gasteiger partial charge in [-0.25, -0.2) is 0 Å². The first-order valence-corrected chi connectivity index (χ1v) is 5.36. The van der Waals surface area contributed by atoms with Crippen LogP contribution in [0, 0.1) is 0 Å². The highest BCUT2D eigenvalue weighted by molar-refractivity contribution is 6.06. The fourth-order valence-corrected chi connectivity index (χ4v) is 1.84. The molecule has 1 atom stereocenters. The van der Waals surface area contributed by atoms with E-state index in [1.165, 1.54) is 18.6 Å². The minimum absolute atomic E-state index is 0.294. The van der Waals surface area contributed by atoms with E-state index in [0.717, 1.165) is 0 Å². The van der Waals surface area contributed by atoms with Crippen LogP contribution in [0.25, 0.3) is 0 Å². The Hall–Kier alpha value is -1.43. The third-order valence-corrected chi connectivity index (χ3v) is 2.85. The SMILES string of the molecule is CCOCC1=COC=C2C1=CC(=O)[C@]2(O)CO. The summed E-state index contributed by atoms with van der Waals surface area (Å²) in [7, 11) is 0. The summed E-state index contributed by atoms with van der Waals surface area (Å²) in [6, 6.07) is 0. The van der Waals surface area contributed by atoms with Crippen molar-refractivity contribution in [1.82, 2.24) is 0 Å². The van der Waals surface area contributed by atoms with E-state index in [0.29, 0.717) is 29.9 Å². The van der Waals surface area contributed by atoms with Crippen LogP contribution >= 0.6 is 0 Å². The summed E-state index contributed by atoms with van der Waals surface area (Å²) in [4.78, 5) is 11.7. The van der Waals surface area contributed by atoms with Gasteiger partial charge >= 0.3 is 0 Å². The predicted octanol–water partition coefficient (Wildman–Crippen LogP) is 0.0534. The maximum atomic E-state index is 11.7. The van der Waals surface area contributed by atoms with Crippen LogP contribution in [0.2, 0.25) is 0 Å². The van der Waals surface area contributed by atoms with Crippen molar-refractivity contribution in [2.45, 2.75) is 12.5 Å². The van der Waals surface area contributed by atoms with Crippen molar-refractivity contribution < 1.29 is 24.5 Å². The molecule has 92 valence electrons. The summed E-state index contributed by atoms with van der Waals surface area (Å²) in [6.45, 7) is 2.04. The Morgan fingerprint density at radius 3 is 2.88 bits per heavy atom. The smallest absolute Gasteiger partial charge is 0.194 e. The van der Waals surface area contributed by atoms with Crippen LogP contribution in [-0.4, -0.2) is 41.4 Å². The molecule has 0 spiro atoms. The lowest BCUT2D eigenvalue weighted by molar-refractivity contribution is -0.130. The van der Waals surface area contributed by atoms with Gasteiger partial charge in [0.1, 0.15) is 0 Å². The lowest BCUT2D eigenvalue weighted by Crippen LogP contribution is -2.40. The summed E-state index contributed by atoms with van der Waals surface area (Å²) in [5.74, 6) is -0.533. The van der Waals surface area contributed by atoms with Crippen molar-refractivity contribution in [2.24, 2.45) is 0 Å². The normalized spacial score (nSPS) is 27.0. The second-order valence-electron chi connectivity index (χ2n) is 3.89. The van der Waals surface area contributed by atoms with Crippen molar-refractivity contribution in [3.8, 4) is 0 Å². The third kappa shape index (κ3) is 1.82. The number of ether oxygens (including phenoxy) is 2. The van der Waals surface area contributed by atoms with E-state index in [1.54, 1.807) is 0 Å². The quantitative estimate of drug-likeness (QED) is 0.724. The molecule has 0 saturated carbocycles. The van der Waals surface area contributed by atoms with E-state index in [9.17, 15) is 9.90 Å². The van der Waals surface area contributed by atoms with Crippen LogP contribution < -0.4 is 0 Å². The molecular weight excluding hydrogens is 224 g/mol. The molecule has 0 amide bonds. The van der Waals surface area contributed by atoms with Gasteiger partial charge in [0.2, 0.25) is 0 Å². The molecule has 0 unspecified atom stereocenters. The zero-order valence-electron chi connectivity index (χ0n) is 9.47. The average Bonchev–Trinajstić information content (AvgIpc) is 2.61. The number of rotatable bonds is 4. The van der Waals surface area contributed by atoms with Gasteiger partial charge in [-0.3, -0.25) is 4.79 Å². The minimum atomic E-state index is -1.87. The van der Waals surface area contributed by atoms with Gasteiger partial charge in [-0.05, 0) is 18.6 Å². The van der Waals surface area contributed by atoms with Crippen LogP contribution in [0.5, 0.6) is 0 Å². The highest BCUT2D eigenvalue weighted by Gasteiger charge is 2.46. The number of aliphatic hydroxyl groups is 2. The number of aliphatic hydroxyl groups excluding tert-OH is 1. The van der Waals surface area contributed by atoms with Crippen LogP contribution in [0.1, 0.15) is 6.92 Å². The van der Waals surface area contributed by atoms with E-state index in [1.807, 2.05) is 6.92 Å². The minimum Gasteiger partial charge on any atom is -0.472 e. The Morgan fingerprint density at radius 1 is 1.47 bits per heavy atom. The lowest BCUT2D eigenvalue weighted by Gasteiger charge is -2.24. The summed E-state index contributed by atoms with van der Waals surface area (Å²) < 4.78 is 10.3. The molecule has 0 aromatic rings. The molecule has 17 heavy (non-hydrogen) atoms. The van der Waals surface area contributed by atoms with E-state index in [2.05, 4.69) is 0 Å². The molecule has 5 nitrogen and oxygen atoms in total. The van der Waals surface area contributed by atoms with Gasteiger partial charge < -0.3 is 19.7 Å². The number of fused-ring (bicyclic) bond motifs is 1.